The second-order valence-electron chi connectivity index (χ2n) is 5.77. The molecule has 0 bridgehead atoms. The highest BCUT2D eigenvalue weighted by Crippen LogP contribution is 2.28. The maximum atomic E-state index is 13.2. The first kappa shape index (κ1) is 17.9. The van der Waals surface area contributed by atoms with Crippen molar-refractivity contribution in [2.75, 3.05) is 5.32 Å². The average molecular weight is 467 g/mol. The van der Waals surface area contributed by atoms with Crippen LogP contribution in [0.5, 0.6) is 0 Å². The van der Waals surface area contributed by atoms with Crippen molar-refractivity contribution >= 4 is 45.0 Å². The Morgan fingerprint density at radius 1 is 1.16 bits per heavy atom. The lowest BCUT2D eigenvalue weighted by atomic mass is 10.0. The van der Waals surface area contributed by atoms with Gasteiger partial charge in [0.2, 0.25) is 5.13 Å². The molecule has 3 rings (SSSR count). The molecule has 4 nitrogen and oxygen atoms in total. The van der Waals surface area contributed by atoms with E-state index in [2.05, 4.69) is 41.5 Å². The lowest BCUT2D eigenvalue weighted by molar-refractivity contribution is 0.102. The summed E-state index contributed by atoms with van der Waals surface area (Å²) in [6, 6.07) is 12.2. The third-order valence-electron chi connectivity index (χ3n) is 3.65. The second-order valence-corrected chi connectivity index (χ2v) is 7.91. The number of rotatable bonds is 4. The molecule has 0 saturated heterocycles. The fourth-order valence-electron chi connectivity index (χ4n) is 2.24. The Kier molecular flexibility index (Phi) is 5.43. The first-order valence-electron chi connectivity index (χ1n) is 7.64. The van der Waals surface area contributed by atoms with Crippen LogP contribution in [0.25, 0.3) is 10.6 Å². The first-order chi connectivity index (χ1) is 11.9. The van der Waals surface area contributed by atoms with Crippen molar-refractivity contribution < 1.29 is 9.18 Å². The molecule has 1 amide bonds. The van der Waals surface area contributed by atoms with Crippen LogP contribution in [-0.2, 0) is 0 Å². The van der Waals surface area contributed by atoms with Crippen LogP contribution < -0.4 is 5.32 Å². The maximum absolute atomic E-state index is 13.2. The van der Waals surface area contributed by atoms with Crippen LogP contribution >= 0.6 is 33.9 Å². The van der Waals surface area contributed by atoms with E-state index in [4.69, 9.17) is 0 Å². The van der Waals surface area contributed by atoms with Gasteiger partial charge in [-0.3, -0.25) is 10.1 Å². The molecule has 2 aromatic carbocycles. The molecule has 0 spiro atoms. The number of benzene rings is 2. The molecule has 3 aromatic rings. The Morgan fingerprint density at radius 2 is 1.88 bits per heavy atom. The lowest BCUT2D eigenvalue weighted by Gasteiger charge is -2.05. The van der Waals surface area contributed by atoms with Gasteiger partial charge in [-0.1, -0.05) is 49.4 Å². The second kappa shape index (κ2) is 7.57. The van der Waals surface area contributed by atoms with Crippen LogP contribution in [0.15, 0.2) is 42.5 Å². The van der Waals surface area contributed by atoms with Gasteiger partial charge in [0.1, 0.15) is 10.8 Å². The zero-order valence-electron chi connectivity index (χ0n) is 13.6. The van der Waals surface area contributed by atoms with E-state index in [-0.39, 0.29) is 11.7 Å². The summed E-state index contributed by atoms with van der Waals surface area (Å²) in [4.78, 5) is 12.3. The minimum atomic E-state index is -0.371. The summed E-state index contributed by atoms with van der Waals surface area (Å²) in [5.41, 5.74) is 2.62. The number of aromatic nitrogens is 2. The molecule has 1 aromatic heterocycles. The van der Waals surface area contributed by atoms with Crippen LogP contribution in [0.3, 0.4) is 0 Å². The van der Waals surface area contributed by atoms with Gasteiger partial charge in [0.15, 0.2) is 0 Å². The predicted octanol–water partition coefficient (Wildman–Crippen LogP) is 5.32. The maximum Gasteiger partial charge on any atom is 0.258 e. The van der Waals surface area contributed by atoms with E-state index < -0.39 is 0 Å². The van der Waals surface area contributed by atoms with Crippen molar-refractivity contribution in [3.05, 3.63) is 63.0 Å². The van der Waals surface area contributed by atoms with Gasteiger partial charge in [0.25, 0.3) is 5.91 Å². The first-order valence-corrected chi connectivity index (χ1v) is 9.54. The molecule has 0 atom stereocenters. The molecule has 128 valence electrons. The third kappa shape index (κ3) is 4.21. The van der Waals surface area contributed by atoms with E-state index in [0.717, 1.165) is 10.6 Å². The number of anilines is 1. The van der Waals surface area contributed by atoms with Crippen molar-refractivity contribution in [3.8, 4) is 10.6 Å². The molecule has 0 aliphatic heterocycles. The van der Waals surface area contributed by atoms with Crippen molar-refractivity contribution in [1.29, 1.82) is 0 Å². The van der Waals surface area contributed by atoms with Gasteiger partial charge in [-0.2, -0.15) is 0 Å². The molecular formula is C18H15FIN3OS. The number of carbonyl (C=O) groups excluding carboxylic acids is 1. The summed E-state index contributed by atoms with van der Waals surface area (Å²) in [5.74, 6) is -0.234. The molecule has 0 unspecified atom stereocenters. The van der Waals surface area contributed by atoms with Crippen LogP contribution in [0.4, 0.5) is 9.52 Å². The number of nitrogens with zero attached hydrogens (tertiary/aromatic N) is 2. The van der Waals surface area contributed by atoms with Crippen LogP contribution in [0, 0.1) is 9.39 Å². The summed E-state index contributed by atoms with van der Waals surface area (Å²) in [5, 5.41) is 12.0. The topological polar surface area (TPSA) is 54.9 Å². The molecule has 1 N–H and O–H groups in total. The molecule has 7 heteroatoms. The summed E-state index contributed by atoms with van der Waals surface area (Å²) >= 11 is 3.23. The highest BCUT2D eigenvalue weighted by molar-refractivity contribution is 14.1. The number of hydrogen-bond donors (Lipinski definition) is 1. The molecule has 0 saturated carbocycles. The smallest absolute Gasteiger partial charge is 0.258 e. The molecule has 0 aliphatic carbocycles. The molecule has 0 aliphatic rings. The number of amides is 1. The van der Waals surface area contributed by atoms with E-state index in [1.807, 2.05) is 34.7 Å². The molecule has 25 heavy (non-hydrogen) atoms. The fraction of sp³-hybridized carbons (Fsp3) is 0.167. The van der Waals surface area contributed by atoms with E-state index in [1.165, 1.54) is 35.1 Å². The summed E-state index contributed by atoms with van der Waals surface area (Å²) < 4.78 is 13.7. The average Bonchev–Trinajstić information content (AvgIpc) is 3.03. The van der Waals surface area contributed by atoms with Crippen LogP contribution in [0.1, 0.15) is 35.7 Å². The van der Waals surface area contributed by atoms with E-state index in [0.29, 0.717) is 20.2 Å². The Bertz CT molecular complexity index is 909. The third-order valence-corrected chi connectivity index (χ3v) is 5.43. The SMILES string of the molecule is CC(C)c1ccc(-c2nnc(NC(=O)c3ccc(F)cc3I)s2)cc1. The minimum absolute atomic E-state index is 0.331. The van der Waals surface area contributed by atoms with E-state index >= 15 is 0 Å². The zero-order valence-corrected chi connectivity index (χ0v) is 16.6. The van der Waals surface area contributed by atoms with Crippen LogP contribution in [-0.4, -0.2) is 16.1 Å². The van der Waals surface area contributed by atoms with Gasteiger partial charge in [0, 0.05) is 9.13 Å². The number of hydrogen-bond acceptors (Lipinski definition) is 4. The Hall–Kier alpha value is -1.87. The quantitative estimate of drug-likeness (QED) is 0.529. The molecule has 0 fully saturated rings. The monoisotopic (exact) mass is 467 g/mol. The van der Waals surface area contributed by atoms with Gasteiger partial charge >= 0.3 is 0 Å². The van der Waals surface area contributed by atoms with E-state index in [1.54, 1.807) is 0 Å². The Labute approximate surface area is 162 Å². The van der Waals surface area contributed by atoms with Crippen molar-refractivity contribution in [1.82, 2.24) is 10.2 Å². The number of carbonyl (C=O) groups is 1. The largest absolute Gasteiger partial charge is 0.296 e. The molecular weight excluding hydrogens is 452 g/mol. The molecule has 1 heterocycles. The van der Waals surface area contributed by atoms with Gasteiger partial charge in [-0.25, -0.2) is 4.39 Å². The van der Waals surface area contributed by atoms with Crippen molar-refractivity contribution in [2.24, 2.45) is 0 Å². The normalized spacial score (nSPS) is 10.9. The Balaban J connectivity index is 1.76. The van der Waals surface area contributed by atoms with Gasteiger partial charge in [0.05, 0.1) is 5.56 Å². The fourth-order valence-corrected chi connectivity index (χ4v) is 3.71. The molecule has 0 radical (unpaired) electrons. The summed E-state index contributed by atoms with van der Waals surface area (Å²) in [6.07, 6.45) is 0. The van der Waals surface area contributed by atoms with Crippen LogP contribution in [0.2, 0.25) is 0 Å². The van der Waals surface area contributed by atoms with Gasteiger partial charge < -0.3 is 0 Å². The van der Waals surface area contributed by atoms with E-state index in [9.17, 15) is 9.18 Å². The highest BCUT2D eigenvalue weighted by Gasteiger charge is 2.14. The summed E-state index contributed by atoms with van der Waals surface area (Å²) in [7, 11) is 0. The van der Waals surface area contributed by atoms with Gasteiger partial charge in [-0.05, 0) is 52.3 Å². The standard InChI is InChI=1S/C18H15FIN3OS/c1-10(2)11-3-5-12(6-4-11)17-22-23-18(25-17)21-16(24)14-8-7-13(19)9-15(14)20/h3-10H,1-2H3,(H,21,23,24). The zero-order chi connectivity index (χ0) is 18.0. The Morgan fingerprint density at radius 3 is 2.52 bits per heavy atom. The van der Waals surface area contributed by atoms with Crippen molar-refractivity contribution in [2.45, 2.75) is 19.8 Å². The summed E-state index contributed by atoms with van der Waals surface area (Å²) in [6.45, 7) is 4.29. The number of halogens is 2. The van der Waals surface area contributed by atoms with Gasteiger partial charge in [-0.15, -0.1) is 10.2 Å². The minimum Gasteiger partial charge on any atom is -0.296 e. The predicted molar refractivity (Wildman–Crippen MR) is 107 cm³/mol. The highest BCUT2D eigenvalue weighted by atomic mass is 127. The number of nitrogens with one attached hydrogen (secondary N) is 1. The lowest BCUT2D eigenvalue weighted by Crippen LogP contribution is -2.13. The van der Waals surface area contributed by atoms with Crippen molar-refractivity contribution in [3.63, 3.8) is 0 Å².